The van der Waals surface area contributed by atoms with E-state index in [9.17, 15) is 31.2 Å². The van der Waals surface area contributed by atoms with Crippen LogP contribution < -0.4 is 9.62 Å². The van der Waals surface area contributed by atoms with E-state index < -0.39 is 46.2 Å². The third-order valence-electron chi connectivity index (χ3n) is 7.71. The number of nitrogens with one attached hydrogen (secondary N) is 1. The van der Waals surface area contributed by atoms with Crippen LogP contribution in [-0.2, 0) is 32.3 Å². The van der Waals surface area contributed by atoms with Gasteiger partial charge in [0.1, 0.15) is 12.6 Å². The Hall–Kier alpha value is -3.57. The van der Waals surface area contributed by atoms with Crippen molar-refractivity contribution >= 4 is 39.1 Å². The van der Waals surface area contributed by atoms with Gasteiger partial charge in [0.25, 0.3) is 10.0 Å². The van der Waals surface area contributed by atoms with Gasteiger partial charge in [-0.3, -0.25) is 13.9 Å². The summed E-state index contributed by atoms with van der Waals surface area (Å²) in [6.45, 7) is 2.38. The standard InChI is InChI=1S/C32H35ClF3N3O4S/c1-22-14-16-29(17-15-22)44(42,43)39(28-13-7-9-25(19-28)32(34,35)36)21-30(40)38(20-24-8-6-10-26(33)18-24)23(2)31(41)37-27-11-4-3-5-12-27/h6-10,13-19,23,27H,3-5,11-12,20-21H2,1-2H3,(H,37,41). The van der Waals surface area contributed by atoms with E-state index in [0.29, 0.717) is 21.0 Å². The van der Waals surface area contributed by atoms with E-state index in [0.717, 1.165) is 49.8 Å². The second kappa shape index (κ2) is 14.0. The van der Waals surface area contributed by atoms with E-state index in [-0.39, 0.29) is 23.2 Å². The predicted octanol–water partition coefficient (Wildman–Crippen LogP) is 6.73. The molecule has 1 saturated carbocycles. The summed E-state index contributed by atoms with van der Waals surface area (Å²) in [6.07, 6.45) is -0.0655. The molecule has 1 N–H and O–H groups in total. The molecule has 4 rings (SSSR count). The highest BCUT2D eigenvalue weighted by Crippen LogP contribution is 2.33. The summed E-state index contributed by atoms with van der Waals surface area (Å²) in [5.74, 6) is -1.18. The number of halogens is 4. The zero-order valence-electron chi connectivity index (χ0n) is 24.5. The first-order chi connectivity index (χ1) is 20.8. The summed E-state index contributed by atoms with van der Waals surface area (Å²) in [4.78, 5) is 28.5. The van der Waals surface area contributed by atoms with Crippen LogP contribution >= 0.6 is 11.6 Å². The van der Waals surface area contributed by atoms with Crippen LogP contribution in [0.3, 0.4) is 0 Å². The van der Waals surface area contributed by atoms with Gasteiger partial charge in [-0.1, -0.05) is 66.8 Å². The summed E-state index contributed by atoms with van der Waals surface area (Å²) in [5.41, 5.74) is -0.0374. The van der Waals surface area contributed by atoms with Gasteiger partial charge in [-0.15, -0.1) is 0 Å². The van der Waals surface area contributed by atoms with Gasteiger partial charge in [0.15, 0.2) is 0 Å². The zero-order chi connectivity index (χ0) is 32.1. The van der Waals surface area contributed by atoms with E-state index in [1.54, 1.807) is 50.2 Å². The van der Waals surface area contributed by atoms with Crippen molar-refractivity contribution in [1.29, 1.82) is 0 Å². The molecule has 0 aromatic heterocycles. The monoisotopic (exact) mass is 649 g/mol. The molecule has 0 bridgehead atoms. The maximum absolute atomic E-state index is 14.1. The Labute approximate surface area is 261 Å². The number of alkyl halides is 3. The number of carbonyl (C=O) groups excluding carboxylic acids is 2. The summed E-state index contributed by atoms with van der Waals surface area (Å²) in [7, 11) is -4.51. The van der Waals surface area contributed by atoms with E-state index in [1.807, 2.05) is 0 Å². The number of nitrogens with zero attached hydrogens (tertiary/aromatic N) is 2. The number of aryl methyl sites for hydroxylation is 1. The highest BCUT2D eigenvalue weighted by molar-refractivity contribution is 7.92. The number of hydrogen-bond acceptors (Lipinski definition) is 4. The fourth-order valence-corrected chi connectivity index (χ4v) is 6.81. The van der Waals surface area contributed by atoms with Crippen molar-refractivity contribution in [2.75, 3.05) is 10.8 Å². The minimum Gasteiger partial charge on any atom is -0.352 e. The molecule has 1 fully saturated rings. The maximum Gasteiger partial charge on any atom is 0.416 e. The van der Waals surface area contributed by atoms with Crippen molar-refractivity contribution in [3.05, 3.63) is 94.5 Å². The maximum atomic E-state index is 14.1. The minimum absolute atomic E-state index is 0.0367. The van der Waals surface area contributed by atoms with Crippen LogP contribution in [0.1, 0.15) is 55.7 Å². The fraction of sp³-hybridized carbons (Fsp3) is 0.375. The summed E-state index contributed by atoms with van der Waals surface area (Å²) in [6, 6.07) is 15.2. The lowest BCUT2D eigenvalue weighted by Crippen LogP contribution is -2.53. The molecule has 1 atom stereocenters. The molecule has 236 valence electrons. The van der Waals surface area contributed by atoms with Crippen LogP contribution in [0.15, 0.2) is 77.7 Å². The highest BCUT2D eigenvalue weighted by Gasteiger charge is 2.35. The van der Waals surface area contributed by atoms with Crippen molar-refractivity contribution in [1.82, 2.24) is 10.2 Å². The Kier molecular flexibility index (Phi) is 10.6. The number of anilines is 1. The quantitative estimate of drug-likeness (QED) is 0.264. The molecule has 0 saturated heterocycles. The van der Waals surface area contributed by atoms with Gasteiger partial charge >= 0.3 is 6.18 Å². The third-order valence-corrected chi connectivity index (χ3v) is 9.73. The molecule has 0 radical (unpaired) electrons. The Bertz CT molecular complexity index is 1580. The first-order valence-corrected chi connectivity index (χ1v) is 16.2. The molecule has 44 heavy (non-hydrogen) atoms. The first-order valence-electron chi connectivity index (χ1n) is 14.4. The topological polar surface area (TPSA) is 86.8 Å². The lowest BCUT2D eigenvalue weighted by molar-refractivity contribution is -0.139. The second-order valence-electron chi connectivity index (χ2n) is 11.0. The Balaban J connectivity index is 1.72. The van der Waals surface area contributed by atoms with Crippen LogP contribution in [0.2, 0.25) is 5.02 Å². The summed E-state index contributed by atoms with van der Waals surface area (Å²) >= 11 is 6.17. The van der Waals surface area contributed by atoms with Crippen LogP contribution in [0, 0.1) is 6.92 Å². The summed E-state index contributed by atoms with van der Waals surface area (Å²) in [5, 5.41) is 3.41. The molecule has 1 aliphatic carbocycles. The molecular formula is C32H35ClF3N3O4S. The number of benzene rings is 3. The van der Waals surface area contributed by atoms with Crippen molar-refractivity contribution in [3.63, 3.8) is 0 Å². The van der Waals surface area contributed by atoms with Crippen molar-refractivity contribution in [2.45, 2.75) is 75.7 Å². The van der Waals surface area contributed by atoms with Gasteiger partial charge in [-0.2, -0.15) is 13.2 Å². The van der Waals surface area contributed by atoms with Gasteiger partial charge in [-0.05, 0) is 74.7 Å². The number of amides is 2. The van der Waals surface area contributed by atoms with Gasteiger partial charge in [0.2, 0.25) is 11.8 Å². The van der Waals surface area contributed by atoms with E-state index in [2.05, 4.69) is 5.32 Å². The van der Waals surface area contributed by atoms with Crippen molar-refractivity contribution < 1.29 is 31.2 Å². The molecule has 2 amide bonds. The number of carbonyl (C=O) groups is 2. The second-order valence-corrected chi connectivity index (χ2v) is 13.3. The van der Waals surface area contributed by atoms with Crippen molar-refractivity contribution in [3.8, 4) is 0 Å². The Morgan fingerprint density at radius 2 is 1.64 bits per heavy atom. The molecule has 3 aromatic rings. The van der Waals surface area contributed by atoms with Gasteiger partial charge in [-0.25, -0.2) is 8.42 Å². The smallest absolute Gasteiger partial charge is 0.352 e. The number of hydrogen-bond donors (Lipinski definition) is 1. The SMILES string of the molecule is Cc1ccc(S(=O)(=O)N(CC(=O)N(Cc2cccc(Cl)c2)C(C)C(=O)NC2CCCCC2)c2cccc(C(F)(F)F)c2)cc1. The average Bonchev–Trinajstić information content (AvgIpc) is 2.98. The van der Waals surface area contributed by atoms with Gasteiger partial charge in [0.05, 0.1) is 16.1 Å². The largest absolute Gasteiger partial charge is 0.416 e. The van der Waals surface area contributed by atoms with Crippen LogP contribution in [0.5, 0.6) is 0 Å². The normalized spacial score (nSPS) is 15.0. The highest BCUT2D eigenvalue weighted by atomic mass is 35.5. The molecular weight excluding hydrogens is 615 g/mol. The van der Waals surface area contributed by atoms with E-state index >= 15 is 0 Å². The number of sulfonamides is 1. The zero-order valence-corrected chi connectivity index (χ0v) is 26.1. The molecule has 3 aromatic carbocycles. The van der Waals surface area contributed by atoms with Gasteiger partial charge in [0, 0.05) is 17.6 Å². The van der Waals surface area contributed by atoms with Crippen LogP contribution in [-0.4, -0.2) is 43.8 Å². The predicted molar refractivity (Wildman–Crippen MR) is 164 cm³/mol. The fourth-order valence-electron chi connectivity index (χ4n) is 5.19. The van der Waals surface area contributed by atoms with Crippen LogP contribution in [0.4, 0.5) is 18.9 Å². The molecule has 0 aliphatic heterocycles. The number of rotatable bonds is 10. The van der Waals surface area contributed by atoms with Crippen molar-refractivity contribution in [2.24, 2.45) is 0 Å². The Morgan fingerprint density at radius 1 is 0.977 bits per heavy atom. The van der Waals surface area contributed by atoms with E-state index in [4.69, 9.17) is 11.6 Å². The first kappa shape index (κ1) is 33.3. The molecule has 1 unspecified atom stereocenters. The minimum atomic E-state index is -4.75. The molecule has 0 heterocycles. The average molecular weight is 650 g/mol. The summed E-state index contributed by atoms with van der Waals surface area (Å²) < 4.78 is 69.4. The third kappa shape index (κ3) is 8.32. The van der Waals surface area contributed by atoms with E-state index in [1.165, 1.54) is 23.1 Å². The Morgan fingerprint density at radius 3 is 2.27 bits per heavy atom. The molecule has 0 spiro atoms. The molecule has 12 heteroatoms. The molecule has 1 aliphatic rings. The lowest BCUT2D eigenvalue weighted by atomic mass is 9.95. The van der Waals surface area contributed by atoms with Crippen LogP contribution in [0.25, 0.3) is 0 Å². The molecule has 7 nitrogen and oxygen atoms in total. The van der Waals surface area contributed by atoms with Gasteiger partial charge < -0.3 is 10.2 Å². The lowest BCUT2D eigenvalue weighted by Gasteiger charge is -2.33.